The van der Waals surface area contributed by atoms with E-state index in [4.69, 9.17) is 11.6 Å². The monoisotopic (exact) mass is 298 g/mol. The van der Waals surface area contributed by atoms with Crippen LogP contribution in [0.1, 0.15) is 55.7 Å². The van der Waals surface area contributed by atoms with E-state index in [-0.39, 0.29) is 16.2 Å². The molecule has 0 spiro atoms. The first-order valence-electron chi connectivity index (χ1n) is 7.73. The van der Waals surface area contributed by atoms with Crippen LogP contribution in [-0.4, -0.2) is 0 Å². The van der Waals surface area contributed by atoms with Gasteiger partial charge in [-0.1, -0.05) is 75.4 Å². The van der Waals surface area contributed by atoms with Crippen molar-refractivity contribution in [2.45, 2.75) is 49.8 Å². The Morgan fingerprint density at radius 1 is 0.905 bits per heavy atom. The Balaban J connectivity index is 1.88. The number of rotatable bonds is 3. The third kappa shape index (κ3) is 2.74. The summed E-state index contributed by atoms with van der Waals surface area (Å²) < 4.78 is 0. The molecular weight excluding hydrogens is 276 g/mol. The minimum absolute atomic E-state index is 0.0638. The van der Waals surface area contributed by atoms with Gasteiger partial charge in [-0.3, -0.25) is 0 Å². The molecule has 0 amide bonds. The maximum atomic E-state index is 6.86. The lowest BCUT2D eigenvalue weighted by molar-refractivity contribution is 0.589. The van der Waals surface area contributed by atoms with E-state index in [1.54, 1.807) is 0 Å². The molecule has 0 saturated heterocycles. The van der Waals surface area contributed by atoms with Crippen molar-refractivity contribution >= 4 is 11.6 Å². The van der Waals surface area contributed by atoms with Crippen molar-refractivity contribution in [1.82, 2.24) is 0 Å². The van der Waals surface area contributed by atoms with Gasteiger partial charge in [-0.2, -0.15) is 0 Å². The highest BCUT2D eigenvalue weighted by Gasteiger charge is 2.50. The molecule has 1 atom stereocenters. The summed E-state index contributed by atoms with van der Waals surface area (Å²) in [7, 11) is 0. The van der Waals surface area contributed by atoms with Crippen molar-refractivity contribution in [3.63, 3.8) is 0 Å². The topological polar surface area (TPSA) is 0 Å². The number of hydrogen-bond donors (Lipinski definition) is 0. The summed E-state index contributed by atoms with van der Waals surface area (Å²) in [4.78, 5) is 0. The minimum atomic E-state index is 0.0638. The van der Waals surface area contributed by atoms with E-state index >= 15 is 0 Å². The van der Waals surface area contributed by atoms with E-state index in [2.05, 4.69) is 75.4 Å². The Kier molecular flexibility index (Phi) is 3.61. The quantitative estimate of drug-likeness (QED) is 0.610. The number of hydrogen-bond acceptors (Lipinski definition) is 0. The fourth-order valence-corrected chi connectivity index (χ4v) is 3.55. The van der Waals surface area contributed by atoms with Crippen LogP contribution in [0.4, 0.5) is 0 Å². The molecule has 2 aromatic rings. The Bertz CT molecular complexity index is 601. The smallest absolute Gasteiger partial charge is 0.0681 e. The fraction of sp³-hybridized carbons (Fsp3) is 0.400. The summed E-state index contributed by atoms with van der Waals surface area (Å²) in [6.07, 6.45) is 2.37. The van der Waals surface area contributed by atoms with Gasteiger partial charge in [0, 0.05) is 5.41 Å². The van der Waals surface area contributed by atoms with Gasteiger partial charge in [0.1, 0.15) is 0 Å². The highest BCUT2D eigenvalue weighted by Crippen LogP contribution is 2.59. The first-order chi connectivity index (χ1) is 9.93. The van der Waals surface area contributed by atoms with Crippen LogP contribution in [0.25, 0.3) is 0 Å². The van der Waals surface area contributed by atoms with Crippen molar-refractivity contribution in [2.24, 2.45) is 0 Å². The van der Waals surface area contributed by atoms with Gasteiger partial charge in [-0.15, -0.1) is 11.6 Å². The molecule has 0 N–H and O–H groups in total. The molecule has 1 heteroatoms. The first-order valence-corrected chi connectivity index (χ1v) is 8.17. The molecule has 0 radical (unpaired) electrons. The van der Waals surface area contributed by atoms with Crippen molar-refractivity contribution in [3.8, 4) is 0 Å². The number of halogens is 1. The molecule has 21 heavy (non-hydrogen) atoms. The van der Waals surface area contributed by atoms with E-state index in [1.807, 2.05) is 0 Å². The third-order valence-electron chi connectivity index (χ3n) is 4.69. The lowest BCUT2D eigenvalue weighted by Gasteiger charge is -2.24. The lowest BCUT2D eigenvalue weighted by Crippen LogP contribution is -2.15. The van der Waals surface area contributed by atoms with Gasteiger partial charge in [0.2, 0.25) is 0 Å². The Morgan fingerprint density at radius 3 is 1.95 bits per heavy atom. The average Bonchev–Trinajstić information content (AvgIpc) is 3.28. The van der Waals surface area contributed by atoms with Crippen LogP contribution in [0.15, 0.2) is 54.6 Å². The van der Waals surface area contributed by atoms with Gasteiger partial charge in [-0.05, 0) is 34.9 Å². The van der Waals surface area contributed by atoms with Crippen LogP contribution in [0.5, 0.6) is 0 Å². The second-order valence-electron chi connectivity index (χ2n) is 7.26. The molecule has 1 aliphatic carbocycles. The zero-order valence-electron chi connectivity index (χ0n) is 13.1. The zero-order valence-corrected chi connectivity index (χ0v) is 13.8. The van der Waals surface area contributed by atoms with E-state index in [9.17, 15) is 0 Å². The van der Waals surface area contributed by atoms with Gasteiger partial charge < -0.3 is 0 Å². The molecule has 0 heterocycles. The van der Waals surface area contributed by atoms with Gasteiger partial charge in [0.15, 0.2) is 0 Å². The maximum absolute atomic E-state index is 6.86. The van der Waals surface area contributed by atoms with Gasteiger partial charge in [0.25, 0.3) is 0 Å². The minimum Gasteiger partial charge on any atom is -0.117 e. The van der Waals surface area contributed by atoms with Gasteiger partial charge in [0.05, 0.1) is 5.38 Å². The van der Waals surface area contributed by atoms with Crippen molar-refractivity contribution in [3.05, 3.63) is 71.3 Å². The fourth-order valence-electron chi connectivity index (χ4n) is 3.06. The summed E-state index contributed by atoms with van der Waals surface area (Å²) in [5.41, 5.74) is 4.32. The summed E-state index contributed by atoms with van der Waals surface area (Å²) in [5, 5.41) is 0.0638. The van der Waals surface area contributed by atoms with E-state index in [1.165, 1.54) is 29.5 Å². The molecule has 1 unspecified atom stereocenters. The van der Waals surface area contributed by atoms with E-state index in [0.717, 1.165) is 0 Å². The lowest BCUT2D eigenvalue weighted by atomic mass is 9.84. The molecule has 3 rings (SSSR count). The Hall–Kier alpha value is -1.27. The average molecular weight is 299 g/mol. The number of benzene rings is 2. The van der Waals surface area contributed by atoms with Crippen LogP contribution in [-0.2, 0) is 10.8 Å². The Labute approximate surface area is 133 Å². The predicted octanol–water partition coefficient (Wildman–Crippen LogP) is 6.00. The van der Waals surface area contributed by atoms with Gasteiger partial charge in [-0.25, -0.2) is 0 Å². The third-order valence-corrected chi connectivity index (χ3v) is 5.36. The molecule has 110 valence electrons. The molecule has 1 fully saturated rings. The standard InChI is InChI=1S/C20H23Cl/c1-19(2,3)16-11-9-15(10-12-16)18(21)20(13-14-20)17-7-5-4-6-8-17/h4-12,18H,13-14H2,1-3H3. The molecule has 1 saturated carbocycles. The van der Waals surface area contributed by atoms with Crippen LogP contribution in [0, 0.1) is 0 Å². The molecule has 0 nitrogen and oxygen atoms in total. The highest BCUT2D eigenvalue weighted by atomic mass is 35.5. The maximum Gasteiger partial charge on any atom is 0.0681 e. The summed E-state index contributed by atoms with van der Waals surface area (Å²) in [6, 6.07) is 19.6. The van der Waals surface area contributed by atoms with Crippen LogP contribution < -0.4 is 0 Å². The van der Waals surface area contributed by atoms with Crippen LogP contribution in [0.3, 0.4) is 0 Å². The second-order valence-corrected chi connectivity index (χ2v) is 7.69. The largest absolute Gasteiger partial charge is 0.117 e. The first kappa shape index (κ1) is 14.7. The SMILES string of the molecule is CC(C)(C)c1ccc(C(Cl)C2(c3ccccc3)CC2)cc1. The highest BCUT2D eigenvalue weighted by molar-refractivity contribution is 6.22. The summed E-state index contributed by atoms with van der Waals surface area (Å²) in [5.74, 6) is 0. The van der Waals surface area contributed by atoms with Crippen LogP contribution >= 0.6 is 11.6 Å². The molecule has 2 aromatic carbocycles. The van der Waals surface area contributed by atoms with E-state index in [0.29, 0.717) is 0 Å². The molecular formula is C20H23Cl. The van der Waals surface area contributed by atoms with Crippen molar-refractivity contribution < 1.29 is 0 Å². The molecule has 0 aromatic heterocycles. The second kappa shape index (κ2) is 5.18. The number of alkyl halides is 1. The van der Waals surface area contributed by atoms with Crippen molar-refractivity contribution in [1.29, 1.82) is 0 Å². The predicted molar refractivity (Wildman–Crippen MR) is 91.1 cm³/mol. The van der Waals surface area contributed by atoms with Gasteiger partial charge >= 0.3 is 0 Å². The van der Waals surface area contributed by atoms with E-state index < -0.39 is 0 Å². The Morgan fingerprint density at radius 2 is 1.48 bits per heavy atom. The zero-order chi connectivity index (χ0) is 15.1. The van der Waals surface area contributed by atoms with Crippen molar-refractivity contribution in [2.75, 3.05) is 0 Å². The molecule has 0 aliphatic heterocycles. The normalized spacial score (nSPS) is 18.3. The molecule has 0 bridgehead atoms. The summed E-state index contributed by atoms with van der Waals surface area (Å²) in [6.45, 7) is 6.73. The van der Waals surface area contributed by atoms with Crippen LogP contribution in [0.2, 0.25) is 0 Å². The summed E-state index contributed by atoms with van der Waals surface area (Å²) >= 11 is 6.86. The molecule has 1 aliphatic rings.